The summed E-state index contributed by atoms with van der Waals surface area (Å²) in [5.74, 6) is 0. The lowest BCUT2D eigenvalue weighted by Gasteiger charge is -2.10. The van der Waals surface area contributed by atoms with Crippen molar-refractivity contribution >= 4 is 44.6 Å². The Morgan fingerprint density at radius 1 is 1.39 bits per heavy atom. The number of imidazole rings is 1. The lowest BCUT2D eigenvalue weighted by atomic mass is 10.3. The van der Waals surface area contributed by atoms with Crippen molar-refractivity contribution in [3.8, 4) is 0 Å². The summed E-state index contributed by atoms with van der Waals surface area (Å²) in [5.41, 5.74) is 2.05. The smallest absolute Gasteiger partial charge is 0.170 e. The van der Waals surface area contributed by atoms with E-state index in [1.54, 1.807) is 17.5 Å². The van der Waals surface area contributed by atoms with Crippen LogP contribution in [0.1, 0.15) is 18.4 Å². The number of hydrogen-bond acceptors (Lipinski definition) is 4. The fourth-order valence-corrected chi connectivity index (χ4v) is 3.43. The highest BCUT2D eigenvalue weighted by molar-refractivity contribution is 7.80. The van der Waals surface area contributed by atoms with Crippen LogP contribution in [0.4, 0.5) is 5.69 Å². The number of hydrogen-bond donors (Lipinski definition) is 2. The Kier molecular flexibility index (Phi) is 5.19. The molecule has 2 aromatic heterocycles. The van der Waals surface area contributed by atoms with E-state index in [9.17, 15) is 0 Å². The van der Waals surface area contributed by atoms with Crippen molar-refractivity contribution in [1.82, 2.24) is 19.9 Å². The first-order valence-electron chi connectivity index (χ1n) is 7.64. The zero-order valence-electron chi connectivity index (χ0n) is 13.0. The molecule has 23 heavy (non-hydrogen) atoms. The average molecular weight is 345 g/mol. The number of aryl methyl sites for hydroxylation is 2. The molecule has 0 radical (unpaired) electrons. The zero-order chi connectivity index (χ0) is 16.1. The van der Waals surface area contributed by atoms with Crippen LogP contribution in [0.2, 0.25) is 0 Å². The summed E-state index contributed by atoms with van der Waals surface area (Å²) in [5, 5.41) is 8.28. The number of thiazole rings is 1. The average Bonchev–Trinajstić information content (AvgIpc) is 3.20. The normalized spacial score (nSPS) is 10.8. The lowest BCUT2D eigenvalue weighted by Crippen LogP contribution is -2.29. The van der Waals surface area contributed by atoms with E-state index in [1.165, 1.54) is 4.70 Å². The van der Waals surface area contributed by atoms with Crippen LogP contribution >= 0.6 is 23.6 Å². The van der Waals surface area contributed by atoms with Gasteiger partial charge in [-0.25, -0.2) is 9.97 Å². The van der Waals surface area contributed by atoms with Gasteiger partial charge in [0.15, 0.2) is 5.11 Å². The van der Waals surface area contributed by atoms with Crippen LogP contribution in [0.3, 0.4) is 0 Å². The maximum absolute atomic E-state index is 5.35. The lowest BCUT2D eigenvalue weighted by molar-refractivity contribution is 0.632. The molecule has 3 rings (SSSR count). The Morgan fingerprint density at radius 2 is 2.30 bits per heavy atom. The summed E-state index contributed by atoms with van der Waals surface area (Å²) in [7, 11) is 0. The fourth-order valence-electron chi connectivity index (χ4n) is 2.26. The number of aromatic nitrogens is 3. The van der Waals surface area contributed by atoms with Gasteiger partial charge in [-0.3, -0.25) is 0 Å². The van der Waals surface area contributed by atoms with Gasteiger partial charge >= 0.3 is 0 Å². The highest BCUT2D eigenvalue weighted by Gasteiger charge is 2.04. The molecule has 7 heteroatoms. The third-order valence-corrected chi connectivity index (χ3v) is 4.84. The molecule has 0 unspecified atom stereocenters. The monoisotopic (exact) mass is 345 g/mol. The summed E-state index contributed by atoms with van der Waals surface area (Å²) < 4.78 is 3.25. The maximum atomic E-state index is 5.35. The van der Waals surface area contributed by atoms with Gasteiger partial charge in [-0.05, 0) is 43.3 Å². The molecule has 2 N–H and O–H groups in total. The minimum atomic E-state index is 0.648. The van der Waals surface area contributed by atoms with E-state index in [4.69, 9.17) is 12.2 Å². The fraction of sp³-hybridized carbons (Fsp3) is 0.312. The summed E-state index contributed by atoms with van der Waals surface area (Å²) in [6.45, 7) is 3.88. The van der Waals surface area contributed by atoms with Crippen LogP contribution in [0.15, 0.2) is 36.9 Å². The van der Waals surface area contributed by atoms with Crippen LogP contribution in [0.25, 0.3) is 10.2 Å². The molecule has 2 heterocycles. The summed E-state index contributed by atoms with van der Waals surface area (Å²) in [6, 6.07) is 6.15. The third-order valence-electron chi connectivity index (χ3n) is 3.43. The molecule has 0 saturated heterocycles. The Bertz CT molecular complexity index is 779. The molecule has 0 aliphatic rings. The van der Waals surface area contributed by atoms with Crippen LogP contribution in [0, 0.1) is 0 Å². The highest BCUT2D eigenvalue weighted by Crippen LogP contribution is 2.25. The number of benzene rings is 1. The van der Waals surface area contributed by atoms with Crippen LogP contribution in [-0.4, -0.2) is 26.2 Å². The summed E-state index contributed by atoms with van der Waals surface area (Å²) in [4.78, 5) is 8.60. The van der Waals surface area contributed by atoms with E-state index in [0.29, 0.717) is 5.11 Å². The number of anilines is 1. The van der Waals surface area contributed by atoms with Crippen molar-refractivity contribution in [1.29, 1.82) is 0 Å². The number of rotatable bonds is 6. The number of thiocarbonyl (C=S) groups is 1. The predicted octanol–water partition coefficient (Wildman–Crippen LogP) is 3.43. The van der Waals surface area contributed by atoms with Gasteiger partial charge in [0.25, 0.3) is 0 Å². The number of nitrogens with one attached hydrogen (secondary N) is 2. The summed E-state index contributed by atoms with van der Waals surface area (Å²) in [6.07, 6.45) is 7.54. The molecule has 1 aromatic carbocycles. The standard InChI is InChI=1S/C16H19N5S2/c1-2-15-20-13-5-4-12(10-14(13)23-15)19-16(22)18-6-3-8-21-9-7-17-11-21/h4-5,7,9-11H,2-3,6,8H2,1H3,(H2,18,19,22). The third kappa shape index (κ3) is 4.27. The largest absolute Gasteiger partial charge is 0.362 e. The van der Waals surface area contributed by atoms with Gasteiger partial charge in [0.1, 0.15) is 0 Å². The SMILES string of the molecule is CCc1nc2ccc(NC(=S)NCCCn3ccnc3)cc2s1. The molecular formula is C16H19N5S2. The van der Waals surface area contributed by atoms with Gasteiger partial charge < -0.3 is 15.2 Å². The molecule has 0 fully saturated rings. The Balaban J connectivity index is 1.49. The quantitative estimate of drug-likeness (QED) is 0.529. The molecule has 0 aliphatic heterocycles. The molecule has 0 spiro atoms. The topological polar surface area (TPSA) is 54.8 Å². The first-order valence-corrected chi connectivity index (χ1v) is 8.87. The van der Waals surface area contributed by atoms with E-state index < -0.39 is 0 Å². The molecule has 0 aliphatic carbocycles. The van der Waals surface area contributed by atoms with Gasteiger partial charge in [0.05, 0.1) is 21.6 Å². The molecule has 0 bridgehead atoms. The first kappa shape index (κ1) is 15.9. The zero-order valence-corrected chi connectivity index (χ0v) is 14.6. The molecule has 0 saturated carbocycles. The van der Waals surface area contributed by atoms with Crippen LogP contribution in [-0.2, 0) is 13.0 Å². The van der Waals surface area contributed by atoms with Crippen molar-refractivity contribution in [2.45, 2.75) is 26.3 Å². The number of nitrogens with zero attached hydrogens (tertiary/aromatic N) is 3. The molecule has 3 aromatic rings. The van der Waals surface area contributed by atoms with Crippen molar-refractivity contribution in [2.24, 2.45) is 0 Å². The highest BCUT2D eigenvalue weighted by atomic mass is 32.1. The summed E-state index contributed by atoms with van der Waals surface area (Å²) >= 11 is 7.08. The van der Waals surface area contributed by atoms with Gasteiger partial charge in [-0.1, -0.05) is 6.92 Å². The van der Waals surface area contributed by atoms with E-state index in [0.717, 1.165) is 42.1 Å². The molecule has 0 amide bonds. The Hall–Kier alpha value is -1.99. The van der Waals surface area contributed by atoms with Gasteiger partial charge in [-0.2, -0.15) is 0 Å². The minimum absolute atomic E-state index is 0.648. The van der Waals surface area contributed by atoms with Crippen molar-refractivity contribution in [3.63, 3.8) is 0 Å². The van der Waals surface area contributed by atoms with Crippen LogP contribution < -0.4 is 10.6 Å². The molecule has 120 valence electrons. The second-order valence-corrected chi connectivity index (χ2v) is 6.70. The van der Waals surface area contributed by atoms with Crippen LogP contribution in [0.5, 0.6) is 0 Å². The van der Waals surface area contributed by atoms with Gasteiger partial charge in [-0.15, -0.1) is 11.3 Å². The maximum Gasteiger partial charge on any atom is 0.170 e. The van der Waals surface area contributed by atoms with Crippen molar-refractivity contribution in [2.75, 3.05) is 11.9 Å². The van der Waals surface area contributed by atoms with Crippen molar-refractivity contribution < 1.29 is 0 Å². The first-order chi connectivity index (χ1) is 11.2. The predicted molar refractivity (Wildman–Crippen MR) is 100 cm³/mol. The molecule has 5 nitrogen and oxygen atoms in total. The Labute approximate surface area is 144 Å². The molecular weight excluding hydrogens is 326 g/mol. The van der Waals surface area contributed by atoms with Gasteiger partial charge in [0.2, 0.25) is 0 Å². The van der Waals surface area contributed by atoms with E-state index in [2.05, 4.69) is 38.2 Å². The second kappa shape index (κ2) is 7.52. The Morgan fingerprint density at radius 3 is 3.09 bits per heavy atom. The number of fused-ring (bicyclic) bond motifs is 1. The van der Waals surface area contributed by atoms with E-state index in [-0.39, 0.29) is 0 Å². The van der Waals surface area contributed by atoms with E-state index in [1.807, 2.05) is 24.7 Å². The molecule has 0 atom stereocenters. The van der Waals surface area contributed by atoms with Crippen molar-refractivity contribution in [3.05, 3.63) is 41.9 Å². The second-order valence-electron chi connectivity index (χ2n) is 5.18. The minimum Gasteiger partial charge on any atom is -0.362 e. The van der Waals surface area contributed by atoms with Gasteiger partial charge in [0, 0.05) is 31.2 Å². The van der Waals surface area contributed by atoms with E-state index >= 15 is 0 Å².